The summed E-state index contributed by atoms with van der Waals surface area (Å²) < 4.78 is 5.15. The van der Waals surface area contributed by atoms with Crippen LogP contribution in [0.25, 0.3) is 0 Å². The van der Waals surface area contributed by atoms with E-state index in [0.717, 1.165) is 0 Å². The summed E-state index contributed by atoms with van der Waals surface area (Å²) in [5.41, 5.74) is -0.454. The summed E-state index contributed by atoms with van der Waals surface area (Å²) in [6.07, 6.45) is 1.19. The Labute approximate surface area is 98.6 Å². The number of ether oxygens (including phenoxy) is 1. The molecule has 0 unspecified atom stereocenters. The Bertz CT molecular complexity index is 211. The van der Waals surface area contributed by atoms with Crippen LogP contribution in [-0.4, -0.2) is 40.9 Å². The number of hydrogen-bond acceptors (Lipinski definition) is 3. The molecule has 0 aromatic carbocycles. The first-order valence-electron chi connectivity index (χ1n) is 5.96. The predicted octanol–water partition coefficient (Wildman–Crippen LogP) is 2.40. The molecular weight excluding hydrogens is 206 g/mol. The zero-order chi connectivity index (χ0) is 12.8. The van der Waals surface area contributed by atoms with Gasteiger partial charge in [-0.05, 0) is 27.2 Å². The zero-order valence-corrected chi connectivity index (χ0v) is 11.1. The lowest BCUT2D eigenvalue weighted by atomic mass is 10.2. The summed E-state index contributed by atoms with van der Waals surface area (Å²) in [6.45, 7) is 10.7. The highest BCUT2D eigenvalue weighted by molar-refractivity contribution is 5.68. The Morgan fingerprint density at radius 3 is 2.25 bits per heavy atom. The molecular formula is C12H25NO3. The van der Waals surface area contributed by atoms with Crippen LogP contribution in [0, 0.1) is 0 Å². The number of hydrogen-bond donors (Lipinski definition) is 1. The minimum atomic E-state index is -0.454. The fourth-order valence-corrected chi connectivity index (χ4v) is 1.23. The summed E-state index contributed by atoms with van der Waals surface area (Å²) in [6, 6.07) is 0. The van der Waals surface area contributed by atoms with Crippen LogP contribution in [0.3, 0.4) is 0 Å². The molecule has 1 aliphatic rings. The van der Waals surface area contributed by atoms with E-state index in [2.05, 4.69) is 13.8 Å². The highest BCUT2D eigenvalue weighted by Crippen LogP contribution is 2.14. The van der Waals surface area contributed by atoms with Crippen LogP contribution in [0.15, 0.2) is 0 Å². The molecule has 0 saturated carbocycles. The molecule has 0 bridgehead atoms. The van der Waals surface area contributed by atoms with Crippen molar-refractivity contribution in [2.45, 2.75) is 59.2 Å². The van der Waals surface area contributed by atoms with Crippen molar-refractivity contribution in [3.8, 4) is 0 Å². The van der Waals surface area contributed by atoms with Crippen LogP contribution in [0.4, 0.5) is 4.79 Å². The standard InChI is InChI=1S/C9H17NO3.C3H8/c1-9(2,3)13-8(12)10-5-4-7(11)6-10;1-3-2/h7,11H,4-6H2,1-3H3;3H2,1-2H3/t7-;/m0./s1. The largest absolute Gasteiger partial charge is 0.444 e. The SMILES string of the molecule is CC(C)(C)OC(=O)N1CC[C@H](O)C1.CCC. The molecule has 1 N–H and O–H groups in total. The molecule has 1 rings (SSSR count). The van der Waals surface area contributed by atoms with Crippen molar-refractivity contribution in [2.24, 2.45) is 0 Å². The second-order valence-electron chi connectivity index (χ2n) is 5.08. The van der Waals surface area contributed by atoms with E-state index in [4.69, 9.17) is 4.74 Å². The first kappa shape index (κ1) is 15.2. The van der Waals surface area contributed by atoms with Gasteiger partial charge in [-0.1, -0.05) is 20.3 Å². The van der Waals surface area contributed by atoms with Gasteiger partial charge in [0.05, 0.1) is 6.10 Å². The molecule has 0 aromatic rings. The summed E-state index contributed by atoms with van der Waals surface area (Å²) in [5, 5.41) is 9.20. The lowest BCUT2D eigenvalue weighted by molar-refractivity contribution is 0.0270. The van der Waals surface area contributed by atoms with Crippen LogP contribution < -0.4 is 0 Å². The van der Waals surface area contributed by atoms with E-state index < -0.39 is 5.60 Å². The van der Waals surface area contributed by atoms with Crippen molar-refractivity contribution >= 4 is 6.09 Å². The summed E-state index contributed by atoms with van der Waals surface area (Å²) in [5.74, 6) is 0. The van der Waals surface area contributed by atoms with E-state index in [1.54, 1.807) is 0 Å². The third-order valence-corrected chi connectivity index (χ3v) is 1.82. The minimum absolute atomic E-state index is 0.330. The van der Waals surface area contributed by atoms with Gasteiger partial charge in [0.15, 0.2) is 0 Å². The molecule has 1 aliphatic heterocycles. The minimum Gasteiger partial charge on any atom is -0.444 e. The quantitative estimate of drug-likeness (QED) is 0.696. The second kappa shape index (κ2) is 6.74. The van der Waals surface area contributed by atoms with Crippen molar-refractivity contribution in [3.05, 3.63) is 0 Å². The molecule has 1 amide bonds. The van der Waals surface area contributed by atoms with Gasteiger partial charge in [0.1, 0.15) is 5.60 Å². The Morgan fingerprint density at radius 2 is 1.94 bits per heavy atom. The third-order valence-electron chi connectivity index (χ3n) is 1.82. The number of carbonyl (C=O) groups is 1. The van der Waals surface area contributed by atoms with Gasteiger partial charge in [0.25, 0.3) is 0 Å². The molecule has 1 heterocycles. The molecule has 0 radical (unpaired) electrons. The zero-order valence-electron chi connectivity index (χ0n) is 11.1. The predicted molar refractivity (Wildman–Crippen MR) is 64.4 cm³/mol. The number of rotatable bonds is 0. The lowest BCUT2D eigenvalue weighted by Crippen LogP contribution is -2.35. The van der Waals surface area contributed by atoms with Gasteiger partial charge in [-0.2, -0.15) is 0 Å². The fraction of sp³-hybridized carbons (Fsp3) is 0.917. The lowest BCUT2D eigenvalue weighted by Gasteiger charge is -2.24. The monoisotopic (exact) mass is 231 g/mol. The van der Waals surface area contributed by atoms with Crippen LogP contribution in [-0.2, 0) is 4.74 Å². The van der Waals surface area contributed by atoms with Gasteiger partial charge in [0, 0.05) is 13.1 Å². The van der Waals surface area contributed by atoms with Crippen molar-refractivity contribution < 1.29 is 14.6 Å². The van der Waals surface area contributed by atoms with Gasteiger partial charge < -0.3 is 14.7 Å². The van der Waals surface area contributed by atoms with E-state index >= 15 is 0 Å². The molecule has 4 heteroatoms. The van der Waals surface area contributed by atoms with Crippen LogP contribution >= 0.6 is 0 Å². The Hall–Kier alpha value is -0.770. The van der Waals surface area contributed by atoms with Crippen molar-refractivity contribution in [2.75, 3.05) is 13.1 Å². The van der Waals surface area contributed by atoms with Crippen LogP contribution in [0.1, 0.15) is 47.5 Å². The fourth-order valence-electron chi connectivity index (χ4n) is 1.23. The number of aliphatic hydroxyl groups excluding tert-OH is 1. The number of aliphatic hydroxyl groups is 1. The molecule has 4 nitrogen and oxygen atoms in total. The molecule has 96 valence electrons. The molecule has 1 atom stereocenters. The maximum atomic E-state index is 11.4. The topological polar surface area (TPSA) is 49.8 Å². The summed E-state index contributed by atoms with van der Waals surface area (Å²) >= 11 is 0. The highest BCUT2D eigenvalue weighted by Gasteiger charge is 2.28. The smallest absolute Gasteiger partial charge is 0.410 e. The number of β-amino-alcohol motifs (C(OH)–C–C–N with tert-alkyl or cyclic N) is 1. The number of likely N-dealkylation sites (tertiary alicyclic amines) is 1. The summed E-state index contributed by atoms with van der Waals surface area (Å²) in [4.78, 5) is 12.9. The van der Waals surface area contributed by atoms with E-state index in [1.165, 1.54) is 11.3 Å². The molecule has 0 spiro atoms. The molecule has 16 heavy (non-hydrogen) atoms. The molecule has 0 aromatic heterocycles. The maximum Gasteiger partial charge on any atom is 0.410 e. The van der Waals surface area contributed by atoms with Gasteiger partial charge in [-0.25, -0.2) is 4.79 Å². The Kier molecular flexibility index (Phi) is 6.41. The van der Waals surface area contributed by atoms with E-state index in [9.17, 15) is 9.90 Å². The first-order valence-corrected chi connectivity index (χ1v) is 5.96. The van der Waals surface area contributed by atoms with E-state index in [0.29, 0.717) is 19.5 Å². The average molecular weight is 231 g/mol. The van der Waals surface area contributed by atoms with Gasteiger partial charge in [0.2, 0.25) is 0 Å². The van der Waals surface area contributed by atoms with Crippen molar-refractivity contribution in [1.82, 2.24) is 4.90 Å². The highest BCUT2D eigenvalue weighted by atomic mass is 16.6. The Balaban J connectivity index is 0.000000673. The number of carbonyl (C=O) groups excluding carboxylic acids is 1. The Morgan fingerprint density at radius 1 is 1.44 bits per heavy atom. The maximum absolute atomic E-state index is 11.4. The second-order valence-corrected chi connectivity index (χ2v) is 5.08. The van der Waals surface area contributed by atoms with Gasteiger partial charge >= 0.3 is 6.09 Å². The molecule has 1 saturated heterocycles. The van der Waals surface area contributed by atoms with Gasteiger partial charge in [-0.15, -0.1) is 0 Å². The summed E-state index contributed by atoms with van der Waals surface area (Å²) in [7, 11) is 0. The third kappa shape index (κ3) is 6.67. The number of nitrogens with zero attached hydrogens (tertiary/aromatic N) is 1. The van der Waals surface area contributed by atoms with E-state index in [-0.39, 0.29) is 12.2 Å². The normalized spacial score (nSPS) is 20.1. The average Bonchev–Trinajstić information content (AvgIpc) is 2.50. The molecule has 0 aliphatic carbocycles. The molecule has 1 fully saturated rings. The number of amides is 1. The van der Waals surface area contributed by atoms with Crippen LogP contribution in [0.2, 0.25) is 0 Å². The first-order chi connectivity index (χ1) is 7.30. The van der Waals surface area contributed by atoms with E-state index in [1.807, 2.05) is 20.8 Å². The van der Waals surface area contributed by atoms with Gasteiger partial charge in [-0.3, -0.25) is 0 Å². The van der Waals surface area contributed by atoms with Crippen molar-refractivity contribution in [1.29, 1.82) is 0 Å². The van der Waals surface area contributed by atoms with Crippen LogP contribution in [0.5, 0.6) is 0 Å². The van der Waals surface area contributed by atoms with Crippen molar-refractivity contribution in [3.63, 3.8) is 0 Å².